The third-order valence-corrected chi connectivity index (χ3v) is 11.0. The second kappa shape index (κ2) is 12.3. The predicted octanol–water partition coefficient (Wildman–Crippen LogP) is 6.08. The number of rotatable bonds is 12. The van der Waals surface area contributed by atoms with Gasteiger partial charge in [0.05, 0.1) is 19.4 Å². The van der Waals surface area contributed by atoms with Crippen molar-refractivity contribution in [3.05, 3.63) is 91.0 Å². The maximum absolute atomic E-state index is 5.54. The van der Waals surface area contributed by atoms with E-state index in [1.165, 1.54) is 60.6 Å². The van der Waals surface area contributed by atoms with Crippen molar-refractivity contribution < 1.29 is 9.47 Å². The Morgan fingerprint density at radius 3 is 1.41 bits per heavy atom. The lowest BCUT2D eigenvalue weighted by molar-refractivity contribution is -0.0480. The van der Waals surface area contributed by atoms with E-state index in [4.69, 9.17) is 9.47 Å². The van der Waals surface area contributed by atoms with Crippen LogP contribution in [0.1, 0.15) is 44.9 Å². The molecule has 0 radical (unpaired) electrons. The molecule has 1 saturated heterocycles. The zero-order chi connectivity index (χ0) is 21.9. The summed E-state index contributed by atoms with van der Waals surface area (Å²) < 4.78 is 11.1. The van der Waals surface area contributed by atoms with Gasteiger partial charge < -0.3 is 9.47 Å². The number of ether oxygens (including phenoxy) is 2. The maximum atomic E-state index is 5.54. The van der Waals surface area contributed by atoms with Gasteiger partial charge in [-0.15, -0.1) is 0 Å². The van der Waals surface area contributed by atoms with Gasteiger partial charge in [0, 0.05) is 0 Å². The molecule has 2 nitrogen and oxygen atoms in total. The summed E-state index contributed by atoms with van der Waals surface area (Å²) in [6.07, 6.45) is 10.00. The molecule has 3 heteroatoms. The zero-order valence-corrected chi connectivity index (χ0v) is 20.0. The molecule has 0 aromatic heterocycles. The molecule has 0 bridgehead atoms. The molecule has 168 valence electrons. The van der Waals surface area contributed by atoms with E-state index in [1.807, 2.05) is 0 Å². The Hall–Kier alpha value is -1.99. The van der Waals surface area contributed by atoms with E-state index in [1.54, 1.807) is 0 Å². The fourth-order valence-corrected chi connectivity index (χ4v) is 9.23. The van der Waals surface area contributed by atoms with Crippen LogP contribution in [0.3, 0.4) is 0 Å². The van der Waals surface area contributed by atoms with Crippen LogP contribution in [0.2, 0.25) is 0 Å². The standard InChI is InChI=1S/C29H36O2P/c1(3-14-22-29-30-23-24-31-29)2-4-15-25-32(26-16-8-5-9-17-26,27-18-10-6-11-19-27)28-20-12-7-13-21-28/h5-13,16-21,29H,1-4,14-15,22-25H2/q+1. The van der Waals surface area contributed by atoms with Crippen LogP contribution in [-0.2, 0) is 9.47 Å². The Morgan fingerprint density at radius 1 is 0.531 bits per heavy atom. The average molecular weight is 448 g/mol. The van der Waals surface area contributed by atoms with Crippen molar-refractivity contribution in [3.63, 3.8) is 0 Å². The lowest BCUT2D eigenvalue weighted by atomic mass is 10.1. The largest absolute Gasteiger partial charge is 0.350 e. The molecule has 3 aromatic rings. The molecule has 0 atom stereocenters. The van der Waals surface area contributed by atoms with Gasteiger partial charge in [-0.3, -0.25) is 0 Å². The molecule has 1 aliphatic heterocycles. The highest BCUT2D eigenvalue weighted by molar-refractivity contribution is 7.95. The third-order valence-electron chi connectivity index (χ3n) is 6.47. The van der Waals surface area contributed by atoms with Crippen LogP contribution in [0.15, 0.2) is 91.0 Å². The lowest BCUT2D eigenvalue weighted by Gasteiger charge is -2.27. The summed E-state index contributed by atoms with van der Waals surface area (Å²) in [6, 6.07) is 33.7. The van der Waals surface area contributed by atoms with E-state index in [-0.39, 0.29) is 6.29 Å². The molecule has 1 fully saturated rings. The van der Waals surface area contributed by atoms with Crippen molar-refractivity contribution in [2.24, 2.45) is 0 Å². The molecule has 4 rings (SSSR count). The van der Waals surface area contributed by atoms with Crippen LogP contribution in [0.5, 0.6) is 0 Å². The Morgan fingerprint density at radius 2 is 0.938 bits per heavy atom. The van der Waals surface area contributed by atoms with Gasteiger partial charge in [-0.2, -0.15) is 0 Å². The molecule has 0 N–H and O–H groups in total. The van der Waals surface area contributed by atoms with E-state index in [0.29, 0.717) is 0 Å². The highest BCUT2D eigenvalue weighted by Gasteiger charge is 2.44. The molecule has 0 spiro atoms. The van der Waals surface area contributed by atoms with Gasteiger partial charge in [-0.25, -0.2) is 0 Å². The van der Waals surface area contributed by atoms with Crippen LogP contribution in [0.4, 0.5) is 0 Å². The van der Waals surface area contributed by atoms with E-state index >= 15 is 0 Å². The minimum absolute atomic E-state index is 0.0584. The van der Waals surface area contributed by atoms with E-state index in [9.17, 15) is 0 Å². The van der Waals surface area contributed by atoms with Crippen LogP contribution >= 0.6 is 7.26 Å². The molecular weight excluding hydrogens is 411 g/mol. The highest BCUT2D eigenvalue weighted by atomic mass is 31.2. The van der Waals surface area contributed by atoms with Crippen molar-refractivity contribution in [3.8, 4) is 0 Å². The molecule has 0 saturated carbocycles. The monoisotopic (exact) mass is 447 g/mol. The number of hydrogen-bond donors (Lipinski definition) is 0. The molecule has 32 heavy (non-hydrogen) atoms. The SMILES string of the molecule is c1ccc([P+](CCCCCCCCC2OCCO2)(c2ccccc2)c2ccccc2)cc1. The second-order valence-electron chi connectivity index (χ2n) is 8.62. The maximum Gasteiger partial charge on any atom is 0.157 e. The van der Waals surface area contributed by atoms with Gasteiger partial charge in [0.1, 0.15) is 23.2 Å². The summed E-state index contributed by atoms with van der Waals surface area (Å²) in [7, 11) is -1.66. The third kappa shape index (κ3) is 5.87. The van der Waals surface area contributed by atoms with Crippen molar-refractivity contribution in [2.45, 2.75) is 51.2 Å². The first-order valence-corrected chi connectivity index (χ1v) is 14.2. The Bertz CT molecular complexity index is 796. The van der Waals surface area contributed by atoms with Gasteiger partial charge in [0.25, 0.3) is 0 Å². The molecular formula is C29H36O2P+. The van der Waals surface area contributed by atoms with Gasteiger partial charge in [-0.05, 0) is 62.1 Å². The van der Waals surface area contributed by atoms with E-state index < -0.39 is 7.26 Å². The second-order valence-corrected chi connectivity index (χ2v) is 12.2. The summed E-state index contributed by atoms with van der Waals surface area (Å²) in [5.74, 6) is 0. The van der Waals surface area contributed by atoms with Crippen molar-refractivity contribution >= 4 is 23.2 Å². The van der Waals surface area contributed by atoms with E-state index in [2.05, 4.69) is 91.0 Å². The summed E-state index contributed by atoms with van der Waals surface area (Å²) in [6.45, 7) is 1.53. The highest BCUT2D eigenvalue weighted by Crippen LogP contribution is 2.55. The first kappa shape index (κ1) is 23.2. The average Bonchev–Trinajstić information content (AvgIpc) is 3.39. The zero-order valence-electron chi connectivity index (χ0n) is 19.1. The molecule has 0 aliphatic carbocycles. The predicted molar refractivity (Wildman–Crippen MR) is 138 cm³/mol. The summed E-state index contributed by atoms with van der Waals surface area (Å²) in [5.41, 5.74) is 0. The van der Waals surface area contributed by atoms with Crippen LogP contribution in [-0.4, -0.2) is 25.7 Å². The quantitative estimate of drug-likeness (QED) is 0.247. The Kier molecular flexibility index (Phi) is 8.91. The topological polar surface area (TPSA) is 18.5 Å². The van der Waals surface area contributed by atoms with Gasteiger partial charge in [0.15, 0.2) is 6.29 Å². The summed E-state index contributed by atoms with van der Waals surface area (Å²) >= 11 is 0. The van der Waals surface area contributed by atoms with Crippen LogP contribution in [0.25, 0.3) is 0 Å². The van der Waals surface area contributed by atoms with Crippen molar-refractivity contribution in [2.75, 3.05) is 19.4 Å². The molecule has 0 unspecified atom stereocenters. The molecule has 1 aliphatic rings. The smallest absolute Gasteiger partial charge is 0.157 e. The van der Waals surface area contributed by atoms with Crippen molar-refractivity contribution in [1.29, 1.82) is 0 Å². The minimum atomic E-state index is -1.66. The van der Waals surface area contributed by atoms with Crippen LogP contribution in [0, 0.1) is 0 Å². The molecule has 0 amide bonds. The Balaban J connectivity index is 1.42. The fraction of sp³-hybridized carbons (Fsp3) is 0.379. The van der Waals surface area contributed by atoms with Gasteiger partial charge >= 0.3 is 0 Å². The Labute approximate surface area is 194 Å². The number of hydrogen-bond acceptors (Lipinski definition) is 2. The summed E-state index contributed by atoms with van der Waals surface area (Å²) in [4.78, 5) is 0. The van der Waals surface area contributed by atoms with Crippen LogP contribution < -0.4 is 15.9 Å². The normalized spacial score (nSPS) is 14.6. The number of unbranched alkanes of at least 4 members (excludes halogenated alkanes) is 5. The first-order valence-electron chi connectivity index (χ1n) is 12.2. The van der Waals surface area contributed by atoms with Gasteiger partial charge in [-0.1, -0.05) is 73.9 Å². The number of benzene rings is 3. The first-order chi connectivity index (χ1) is 15.9. The van der Waals surface area contributed by atoms with Gasteiger partial charge in [0.2, 0.25) is 0 Å². The van der Waals surface area contributed by atoms with E-state index in [0.717, 1.165) is 19.6 Å². The summed E-state index contributed by atoms with van der Waals surface area (Å²) in [5, 5.41) is 4.48. The molecule has 1 heterocycles. The lowest BCUT2D eigenvalue weighted by Crippen LogP contribution is -2.33. The van der Waals surface area contributed by atoms with Crippen molar-refractivity contribution in [1.82, 2.24) is 0 Å². The fourth-order valence-electron chi connectivity index (χ4n) is 4.82. The molecule has 3 aromatic carbocycles. The minimum Gasteiger partial charge on any atom is -0.350 e.